The van der Waals surface area contributed by atoms with Gasteiger partial charge >= 0.3 is 0 Å². The summed E-state index contributed by atoms with van der Waals surface area (Å²) in [6, 6.07) is 9.04. The summed E-state index contributed by atoms with van der Waals surface area (Å²) in [6.07, 6.45) is 0. The lowest BCUT2D eigenvalue weighted by atomic mass is 10.1. The van der Waals surface area contributed by atoms with Gasteiger partial charge in [0.05, 0.1) is 0 Å². The number of nitrogens with zero attached hydrogens (tertiary/aromatic N) is 3. The second-order valence-corrected chi connectivity index (χ2v) is 4.68. The van der Waals surface area contributed by atoms with Crippen molar-refractivity contribution in [1.82, 2.24) is 0 Å². The third-order valence-electron chi connectivity index (χ3n) is 2.29. The molecule has 0 aliphatic carbocycles. The molecule has 0 aliphatic rings. The Hall–Kier alpha value is -2.08. The molecule has 2 aromatic carbocycles. The van der Waals surface area contributed by atoms with Crippen molar-refractivity contribution < 1.29 is 13.0 Å². The molecule has 0 fully saturated rings. The van der Waals surface area contributed by atoms with Gasteiger partial charge in [0, 0.05) is 16.0 Å². The Balaban J connectivity index is 2.94. The van der Waals surface area contributed by atoms with Gasteiger partial charge in [0.1, 0.15) is 4.90 Å². The van der Waals surface area contributed by atoms with E-state index in [1.165, 1.54) is 18.2 Å². The highest BCUT2D eigenvalue weighted by atomic mass is 32.2. The fraction of sp³-hybridized carbons (Fsp3) is 0. The molecule has 2 rings (SSSR count). The Bertz CT molecular complexity index is 734. The number of fused-ring (bicyclic) bond motifs is 1. The van der Waals surface area contributed by atoms with Crippen molar-refractivity contribution in [2.75, 3.05) is 0 Å². The van der Waals surface area contributed by atoms with Crippen molar-refractivity contribution in [3.8, 4) is 0 Å². The molecular formula is C10H7N3O3S. The fourth-order valence-corrected chi connectivity index (χ4v) is 2.31. The Kier molecular flexibility index (Phi) is 2.72. The molecule has 17 heavy (non-hydrogen) atoms. The van der Waals surface area contributed by atoms with Crippen molar-refractivity contribution in [2.45, 2.75) is 4.90 Å². The first kappa shape index (κ1) is 11.4. The minimum atomic E-state index is -4.30. The molecule has 0 heterocycles. The van der Waals surface area contributed by atoms with Gasteiger partial charge in [-0.15, -0.1) is 0 Å². The van der Waals surface area contributed by atoms with Crippen LogP contribution in [0.5, 0.6) is 0 Å². The van der Waals surface area contributed by atoms with Crippen LogP contribution >= 0.6 is 0 Å². The molecule has 0 aromatic heterocycles. The molecule has 7 heteroatoms. The molecular weight excluding hydrogens is 242 g/mol. The van der Waals surface area contributed by atoms with Gasteiger partial charge in [-0.2, -0.15) is 8.42 Å². The van der Waals surface area contributed by atoms with Gasteiger partial charge in [-0.1, -0.05) is 35.4 Å². The van der Waals surface area contributed by atoms with E-state index in [9.17, 15) is 8.42 Å². The maximum Gasteiger partial charge on any atom is 0.295 e. The first-order valence-corrected chi connectivity index (χ1v) is 6.02. The third kappa shape index (κ3) is 2.07. The number of rotatable bonds is 2. The van der Waals surface area contributed by atoms with E-state index in [0.717, 1.165) is 0 Å². The normalized spacial score (nSPS) is 11.1. The third-order valence-corrected chi connectivity index (χ3v) is 3.20. The van der Waals surface area contributed by atoms with E-state index in [0.29, 0.717) is 16.5 Å². The van der Waals surface area contributed by atoms with Crippen molar-refractivity contribution in [3.05, 3.63) is 46.8 Å². The van der Waals surface area contributed by atoms with E-state index in [1.807, 2.05) is 0 Å². The predicted octanol–water partition coefficient (Wildman–Crippen LogP) is 3.03. The van der Waals surface area contributed by atoms with Crippen LogP contribution in [0.4, 0.5) is 5.69 Å². The van der Waals surface area contributed by atoms with Crippen molar-refractivity contribution in [2.24, 2.45) is 5.11 Å². The van der Waals surface area contributed by atoms with Crippen LogP contribution in [-0.2, 0) is 10.1 Å². The average Bonchev–Trinajstić information content (AvgIpc) is 2.28. The lowest BCUT2D eigenvalue weighted by Gasteiger charge is -2.05. The highest BCUT2D eigenvalue weighted by molar-refractivity contribution is 7.86. The van der Waals surface area contributed by atoms with E-state index in [-0.39, 0.29) is 4.90 Å². The maximum absolute atomic E-state index is 11.2. The molecule has 0 aliphatic heterocycles. The predicted molar refractivity (Wildman–Crippen MR) is 62.6 cm³/mol. The molecule has 0 unspecified atom stereocenters. The molecule has 2 aromatic rings. The summed E-state index contributed by atoms with van der Waals surface area (Å²) in [4.78, 5) is 2.46. The minimum Gasteiger partial charge on any atom is -0.282 e. The number of azide groups is 1. The van der Waals surface area contributed by atoms with Crippen LogP contribution in [0.3, 0.4) is 0 Å². The van der Waals surface area contributed by atoms with Crippen molar-refractivity contribution in [1.29, 1.82) is 0 Å². The number of hydrogen-bond donors (Lipinski definition) is 1. The zero-order valence-electron chi connectivity index (χ0n) is 8.48. The quantitative estimate of drug-likeness (QED) is 0.383. The van der Waals surface area contributed by atoms with Gasteiger partial charge in [-0.05, 0) is 17.0 Å². The summed E-state index contributed by atoms with van der Waals surface area (Å²) < 4.78 is 31.4. The second-order valence-electron chi connectivity index (χ2n) is 3.29. The van der Waals surface area contributed by atoms with E-state index in [4.69, 9.17) is 10.1 Å². The Morgan fingerprint density at radius 1 is 1.12 bits per heavy atom. The highest BCUT2D eigenvalue weighted by Gasteiger charge is 2.14. The van der Waals surface area contributed by atoms with Gasteiger partial charge < -0.3 is 0 Å². The summed E-state index contributed by atoms with van der Waals surface area (Å²) >= 11 is 0. The molecule has 0 radical (unpaired) electrons. The maximum atomic E-state index is 11.2. The van der Waals surface area contributed by atoms with Crippen LogP contribution in [0.1, 0.15) is 0 Å². The molecule has 0 atom stereocenters. The van der Waals surface area contributed by atoms with Gasteiger partial charge in [0.2, 0.25) is 0 Å². The molecule has 86 valence electrons. The van der Waals surface area contributed by atoms with E-state index >= 15 is 0 Å². The number of hydrogen-bond acceptors (Lipinski definition) is 3. The topological polar surface area (TPSA) is 103 Å². The summed E-state index contributed by atoms with van der Waals surface area (Å²) in [5.74, 6) is 0. The monoisotopic (exact) mass is 249 g/mol. The van der Waals surface area contributed by atoms with Crippen molar-refractivity contribution in [3.63, 3.8) is 0 Å². The zero-order chi connectivity index (χ0) is 12.5. The lowest BCUT2D eigenvalue weighted by molar-refractivity contribution is 0.484. The van der Waals surface area contributed by atoms with Crippen LogP contribution in [0, 0.1) is 0 Å². The molecule has 0 bridgehead atoms. The van der Waals surface area contributed by atoms with Gasteiger partial charge in [0.15, 0.2) is 0 Å². The largest absolute Gasteiger partial charge is 0.295 e. The Morgan fingerprint density at radius 2 is 1.76 bits per heavy atom. The number of benzene rings is 2. The van der Waals surface area contributed by atoms with Crippen LogP contribution in [0.15, 0.2) is 46.4 Å². The summed E-state index contributed by atoms with van der Waals surface area (Å²) in [5, 5.41) is 4.25. The van der Waals surface area contributed by atoms with Crippen molar-refractivity contribution >= 4 is 26.6 Å². The second kappa shape index (κ2) is 4.06. The standard InChI is InChI=1S/C10H7N3O3S/c11-13-12-9-5-6-10(17(14,15)16)8-4-2-1-3-7(8)9/h1-6H,(H,14,15,16). The molecule has 0 amide bonds. The molecule has 1 N–H and O–H groups in total. The van der Waals surface area contributed by atoms with Crippen LogP contribution in [0.25, 0.3) is 21.2 Å². The van der Waals surface area contributed by atoms with E-state index in [1.54, 1.807) is 18.2 Å². The highest BCUT2D eigenvalue weighted by Crippen LogP contribution is 2.31. The lowest BCUT2D eigenvalue weighted by Crippen LogP contribution is -1.98. The molecule has 0 saturated heterocycles. The van der Waals surface area contributed by atoms with Gasteiger partial charge in [-0.25, -0.2) is 0 Å². The van der Waals surface area contributed by atoms with E-state index < -0.39 is 10.1 Å². The molecule has 0 saturated carbocycles. The molecule has 6 nitrogen and oxygen atoms in total. The van der Waals surface area contributed by atoms with Gasteiger partial charge in [0.25, 0.3) is 10.1 Å². The van der Waals surface area contributed by atoms with E-state index in [2.05, 4.69) is 10.0 Å². The summed E-state index contributed by atoms with van der Waals surface area (Å²) in [7, 11) is -4.30. The summed E-state index contributed by atoms with van der Waals surface area (Å²) in [6.45, 7) is 0. The zero-order valence-corrected chi connectivity index (χ0v) is 9.29. The minimum absolute atomic E-state index is 0.204. The smallest absolute Gasteiger partial charge is 0.282 e. The average molecular weight is 249 g/mol. The fourth-order valence-electron chi connectivity index (χ4n) is 1.62. The SMILES string of the molecule is [N-]=[N+]=Nc1ccc(S(=O)(=O)O)c2ccccc12. The Labute approximate surface area is 96.9 Å². The Morgan fingerprint density at radius 3 is 2.35 bits per heavy atom. The first-order chi connectivity index (χ1) is 8.04. The van der Waals surface area contributed by atoms with Crippen LogP contribution in [0.2, 0.25) is 0 Å². The molecule has 0 spiro atoms. The van der Waals surface area contributed by atoms with Crippen LogP contribution < -0.4 is 0 Å². The first-order valence-electron chi connectivity index (χ1n) is 4.58. The van der Waals surface area contributed by atoms with Gasteiger partial charge in [-0.3, -0.25) is 4.55 Å². The summed E-state index contributed by atoms with van der Waals surface area (Å²) in [5.41, 5.74) is 8.71. The van der Waals surface area contributed by atoms with Crippen LogP contribution in [-0.4, -0.2) is 13.0 Å².